The lowest BCUT2D eigenvalue weighted by molar-refractivity contribution is -0.117. The van der Waals surface area contributed by atoms with E-state index in [0.717, 1.165) is 16.7 Å². The van der Waals surface area contributed by atoms with Crippen LogP contribution in [0.4, 0.5) is 15.8 Å². The van der Waals surface area contributed by atoms with E-state index < -0.39 is 17.0 Å². The molecule has 1 atom stereocenters. The Labute approximate surface area is 201 Å². The molecule has 0 radical (unpaired) electrons. The summed E-state index contributed by atoms with van der Waals surface area (Å²) >= 11 is 1.18. The van der Waals surface area contributed by atoms with Crippen LogP contribution in [0.2, 0.25) is 0 Å². The largest absolute Gasteiger partial charge is 0.321 e. The molecule has 1 aliphatic rings. The van der Waals surface area contributed by atoms with Crippen LogP contribution in [0.3, 0.4) is 0 Å². The quantitative estimate of drug-likeness (QED) is 0.394. The summed E-state index contributed by atoms with van der Waals surface area (Å²) in [6.45, 7) is 3.91. The van der Waals surface area contributed by atoms with Crippen LogP contribution in [0, 0.1) is 31.0 Å². The van der Waals surface area contributed by atoms with Gasteiger partial charge in [-0.3, -0.25) is 14.5 Å². The maximum atomic E-state index is 13.6. The van der Waals surface area contributed by atoms with Gasteiger partial charge in [0.1, 0.15) is 22.5 Å². The minimum atomic E-state index is -0.606. The fraction of sp³-hybridized carbons (Fsp3) is 0.148. The molecule has 0 aliphatic carbocycles. The zero-order chi connectivity index (χ0) is 24.2. The van der Waals surface area contributed by atoms with Crippen molar-refractivity contribution >= 4 is 35.0 Å². The van der Waals surface area contributed by atoms with Crippen molar-refractivity contribution < 1.29 is 14.0 Å². The molecule has 1 unspecified atom stereocenters. The summed E-state index contributed by atoms with van der Waals surface area (Å²) in [6.07, 6.45) is 0.440. The molecule has 0 bridgehead atoms. The van der Waals surface area contributed by atoms with Crippen molar-refractivity contribution in [1.29, 1.82) is 5.26 Å². The first-order valence-electron chi connectivity index (χ1n) is 10.7. The molecule has 2 amide bonds. The summed E-state index contributed by atoms with van der Waals surface area (Å²) in [5, 5.41) is 12.4. The number of carbonyl (C=O) groups is 2. The van der Waals surface area contributed by atoms with Gasteiger partial charge in [0.2, 0.25) is 5.91 Å². The second-order valence-corrected chi connectivity index (χ2v) is 9.19. The molecule has 7 heteroatoms. The second-order valence-electron chi connectivity index (χ2n) is 8.00. The maximum Gasteiger partial charge on any atom is 0.269 e. The van der Waals surface area contributed by atoms with E-state index in [9.17, 15) is 19.2 Å². The van der Waals surface area contributed by atoms with Crippen LogP contribution in [0.5, 0.6) is 0 Å². The molecule has 0 saturated carbocycles. The highest BCUT2D eigenvalue weighted by Gasteiger charge is 2.41. The van der Waals surface area contributed by atoms with Gasteiger partial charge in [-0.25, -0.2) is 4.39 Å². The van der Waals surface area contributed by atoms with E-state index >= 15 is 0 Å². The minimum absolute atomic E-state index is 0.171. The van der Waals surface area contributed by atoms with E-state index in [1.165, 1.54) is 40.9 Å². The van der Waals surface area contributed by atoms with Gasteiger partial charge < -0.3 is 5.32 Å². The van der Waals surface area contributed by atoms with Crippen molar-refractivity contribution in [3.8, 4) is 6.07 Å². The average molecular weight is 472 g/mol. The van der Waals surface area contributed by atoms with E-state index in [0.29, 0.717) is 17.8 Å². The van der Waals surface area contributed by atoms with Gasteiger partial charge in [-0.05, 0) is 67.8 Å². The molecular formula is C27H22FN3O2S. The summed E-state index contributed by atoms with van der Waals surface area (Å²) in [5.74, 6) is -1.31. The molecule has 5 nitrogen and oxygen atoms in total. The predicted octanol–water partition coefficient (Wildman–Crippen LogP) is 5.51. The van der Waals surface area contributed by atoms with Crippen LogP contribution < -0.4 is 10.2 Å². The molecule has 1 heterocycles. The van der Waals surface area contributed by atoms with Gasteiger partial charge in [0.25, 0.3) is 5.91 Å². The summed E-state index contributed by atoms with van der Waals surface area (Å²) in [4.78, 5) is 27.9. The van der Waals surface area contributed by atoms with Crippen LogP contribution in [-0.2, 0) is 16.0 Å². The highest BCUT2D eigenvalue weighted by atomic mass is 32.2. The van der Waals surface area contributed by atoms with Gasteiger partial charge in [-0.2, -0.15) is 5.26 Å². The molecule has 3 aromatic rings. The van der Waals surface area contributed by atoms with Gasteiger partial charge >= 0.3 is 0 Å². The van der Waals surface area contributed by atoms with Gasteiger partial charge in [0, 0.05) is 11.4 Å². The van der Waals surface area contributed by atoms with Crippen molar-refractivity contribution in [3.63, 3.8) is 0 Å². The van der Waals surface area contributed by atoms with Crippen molar-refractivity contribution in [2.75, 3.05) is 10.2 Å². The number of hydrogen-bond acceptors (Lipinski definition) is 4. The molecule has 1 saturated heterocycles. The van der Waals surface area contributed by atoms with Crippen LogP contribution in [0.1, 0.15) is 16.7 Å². The lowest BCUT2D eigenvalue weighted by Crippen LogP contribution is -2.31. The number of hydrogen-bond donors (Lipinski definition) is 1. The lowest BCUT2D eigenvalue weighted by Gasteiger charge is -2.18. The Bertz CT molecular complexity index is 1310. The van der Waals surface area contributed by atoms with E-state index in [-0.39, 0.29) is 16.5 Å². The molecular weight excluding hydrogens is 449 g/mol. The first-order chi connectivity index (χ1) is 16.4. The third kappa shape index (κ3) is 4.87. The zero-order valence-electron chi connectivity index (χ0n) is 18.7. The van der Waals surface area contributed by atoms with Crippen LogP contribution in [-0.4, -0.2) is 17.1 Å². The summed E-state index contributed by atoms with van der Waals surface area (Å²) in [7, 11) is 0. The fourth-order valence-electron chi connectivity index (χ4n) is 3.68. The molecule has 0 aromatic heterocycles. The minimum Gasteiger partial charge on any atom is -0.321 e. The molecule has 1 fully saturated rings. The number of rotatable bonds is 5. The van der Waals surface area contributed by atoms with Crippen LogP contribution in [0.15, 0.2) is 83.4 Å². The Balaban J connectivity index is 1.73. The van der Waals surface area contributed by atoms with Crippen LogP contribution in [0.25, 0.3) is 0 Å². The van der Waals surface area contributed by atoms with E-state index in [2.05, 4.69) is 5.32 Å². The normalized spacial score (nSPS) is 16.8. The second kappa shape index (κ2) is 9.94. The standard InChI is InChI=1S/C27H22FN3O2S/c1-17-7-11-21(12-8-17)30-25(32)23(16-29)27-31(22-13-9-20(28)10-14-22)26(33)24(34-27)15-19-6-4-3-5-18(19)2/h3-14,24H,15H2,1-2H3,(H,30,32). The molecule has 0 spiro atoms. The van der Waals surface area contributed by atoms with Gasteiger partial charge in [-0.1, -0.05) is 53.7 Å². The monoisotopic (exact) mass is 471 g/mol. The molecule has 170 valence electrons. The first-order valence-corrected chi connectivity index (χ1v) is 11.6. The Morgan fingerprint density at radius 3 is 2.38 bits per heavy atom. The number of amides is 2. The third-order valence-corrected chi connectivity index (χ3v) is 6.83. The number of thioether (sulfide) groups is 1. The lowest BCUT2D eigenvalue weighted by atomic mass is 10.0. The molecule has 34 heavy (non-hydrogen) atoms. The third-order valence-electron chi connectivity index (χ3n) is 5.57. The fourth-order valence-corrected chi connectivity index (χ4v) is 4.98. The predicted molar refractivity (Wildman–Crippen MR) is 133 cm³/mol. The number of benzene rings is 3. The van der Waals surface area contributed by atoms with Gasteiger partial charge in [-0.15, -0.1) is 0 Å². The van der Waals surface area contributed by atoms with E-state index in [1.54, 1.807) is 12.1 Å². The molecule has 1 N–H and O–H groups in total. The number of aryl methyl sites for hydroxylation is 2. The topological polar surface area (TPSA) is 73.2 Å². The summed E-state index contributed by atoms with van der Waals surface area (Å²) in [6, 6.07) is 22.4. The number of nitrogens with one attached hydrogen (secondary N) is 1. The summed E-state index contributed by atoms with van der Waals surface area (Å²) in [5.41, 5.74) is 3.88. The van der Waals surface area contributed by atoms with Crippen molar-refractivity contribution in [1.82, 2.24) is 0 Å². The molecule has 1 aliphatic heterocycles. The number of nitriles is 1. The van der Waals surface area contributed by atoms with E-state index in [1.807, 2.05) is 56.3 Å². The smallest absolute Gasteiger partial charge is 0.269 e. The Morgan fingerprint density at radius 2 is 1.74 bits per heavy atom. The van der Waals surface area contributed by atoms with E-state index in [4.69, 9.17) is 0 Å². The Morgan fingerprint density at radius 1 is 1.06 bits per heavy atom. The van der Waals surface area contributed by atoms with Crippen molar-refractivity contribution in [2.45, 2.75) is 25.5 Å². The van der Waals surface area contributed by atoms with Crippen molar-refractivity contribution in [2.24, 2.45) is 0 Å². The number of carbonyl (C=O) groups excluding carboxylic acids is 2. The maximum absolute atomic E-state index is 13.6. The van der Waals surface area contributed by atoms with Gasteiger partial charge in [0.15, 0.2) is 0 Å². The highest BCUT2D eigenvalue weighted by Crippen LogP contribution is 2.42. The zero-order valence-corrected chi connectivity index (χ0v) is 19.5. The average Bonchev–Trinajstić information content (AvgIpc) is 3.13. The molecule has 4 rings (SSSR count). The first kappa shape index (κ1) is 23.3. The number of halogens is 1. The van der Waals surface area contributed by atoms with Crippen molar-refractivity contribution in [3.05, 3.63) is 106 Å². The molecule has 3 aromatic carbocycles. The number of anilines is 2. The van der Waals surface area contributed by atoms with Crippen LogP contribution >= 0.6 is 11.8 Å². The van der Waals surface area contributed by atoms with Gasteiger partial charge in [0.05, 0.1) is 5.25 Å². The Hall–Kier alpha value is -3.89. The Kier molecular flexibility index (Phi) is 6.80. The highest BCUT2D eigenvalue weighted by molar-refractivity contribution is 8.05. The number of nitrogens with zero attached hydrogens (tertiary/aromatic N) is 2. The SMILES string of the molecule is Cc1ccc(NC(=O)C(C#N)=C2SC(Cc3ccccc3C)C(=O)N2c2ccc(F)cc2)cc1. The summed E-state index contributed by atoms with van der Waals surface area (Å²) < 4.78 is 13.6.